The first-order valence-electron chi connectivity index (χ1n) is 7.55. The van der Waals surface area contributed by atoms with E-state index >= 15 is 0 Å². The van der Waals surface area contributed by atoms with Crippen molar-refractivity contribution in [3.8, 4) is 0 Å². The van der Waals surface area contributed by atoms with Gasteiger partial charge in [-0.2, -0.15) is 0 Å². The van der Waals surface area contributed by atoms with E-state index in [9.17, 15) is 0 Å². The van der Waals surface area contributed by atoms with Gasteiger partial charge in [-0.25, -0.2) is 4.98 Å². The number of aryl methyl sites for hydroxylation is 1. The molecular formula is C17H23N3. The number of aromatic nitrogens is 2. The van der Waals surface area contributed by atoms with Crippen molar-refractivity contribution in [3.63, 3.8) is 0 Å². The van der Waals surface area contributed by atoms with E-state index in [-0.39, 0.29) is 0 Å². The summed E-state index contributed by atoms with van der Waals surface area (Å²) in [4.78, 5) is 7.48. The molecule has 2 N–H and O–H groups in total. The zero-order chi connectivity index (χ0) is 13.9. The fourth-order valence-corrected chi connectivity index (χ4v) is 3.37. The van der Waals surface area contributed by atoms with Crippen LogP contribution in [0.2, 0.25) is 0 Å². The highest BCUT2D eigenvalue weighted by molar-refractivity contribution is 5.33. The Bertz CT molecular complexity index is 545. The van der Waals surface area contributed by atoms with Gasteiger partial charge >= 0.3 is 0 Å². The van der Waals surface area contributed by atoms with Gasteiger partial charge in [-0.3, -0.25) is 0 Å². The summed E-state index contributed by atoms with van der Waals surface area (Å²) in [5, 5.41) is 3.72. The molecule has 0 spiro atoms. The minimum absolute atomic E-state index is 0.435. The van der Waals surface area contributed by atoms with Gasteiger partial charge in [0.05, 0.1) is 6.54 Å². The predicted molar refractivity (Wildman–Crippen MR) is 81.3 cm³/mol. The second-order valence-corrected chi connectivity index (χ2v) is 6.04. The van der Waals surface area contributed by atoms with Crippen LogP contribution in [0.3, 0.4) is 0 Å². The third-order valence-electron chi connectivity index (χ3n) is 4.47. The lowest BCUT2D eigenvalue weighted by molar-refractivity contribution is 0.245. The molecule has 0 bridgehead atoms. The second kappa shape index (κ2) is 5.80. The third kappa shape index (κ3) is 2.63. The van der Waals surface area contributed by atoms with E-state index in [4.69, 9.17) is 0 Å². The number of fused-ring (bicyclic) bond motifs is 1. The topological polar surface area (TPSA) is 40.7 Å². The summed E-state index contributed by atoms with van der Waals surface area (Å²) in [6.07, 6.45) is 6.17. The standard InChI is InChI=1S/C17H23N3/c1-12(2)14-8-7-13-5-3-4-6-15(13)17(14)20-11-16-18-9-10-19-16/h3-6,9-10,12,14,17,20H,7-8,11H2,1-2H3,(H,18,19)/t14-,17-/m0/s1. The fourth-order valence-electron chi connectivity index (χ4n) is 3.37. The molecule has 1 aromatic heterocycles. The van der Waals surface area contributed by atoms with Crippen LogP contribution >= 0.6 is 0 Å². The Balaban J connectivity index is 1.83. The monoisotopic (exact) mass is 269 g/mol. The van der Waals surface area contributed by atoms with E-state index in [1.165, 1.54) is 24.0 Å². The quantitative estimate of drug-likeness (QED) is 0.892. The zero-order valence-electron chi connectivity index (χ0n) is 12.3. The smallest absolute Gasteiger partial charge is 0.120 e. The van der Waals surface area contributed by atoms with Crippen LogP contribution in [-0.2, 0) is 13.0 Å². The molecule has 2 atom stereocenters. The molecule has 0 aliphatic heterocycles. The molecule has 1 aliphatic rings. The number of H-pyrrole nitrogens is 1. The molecule has 0 radical (unpaired) electrons. The van der Waals surface area contributed by atoms with E-state index in [1.807, 2.05) is 12.4 Å². The highest BCUT2D eigenvalue weighted by atomic mass is 15.0. The van der Waals surface area contributed by atoms with Crippen molar-refractivity contribution in [3.05, 3.63) is 53.6 Å². The van der Waals surface area contributed by atoms with Crippen molar-refractivity contribution in [2.45, 2.75) is 39.3 Å². The number of aromatic amines is 1. The van der Waals surface area contributed by atoms with E-state index in [0.29, 0.717) is 17.9 Å². The van der Waals surface area contributed by atoms with Gasteiger partial charge in [-0.15, -0.1) is 0 Å². The summed E-state index contributed by atoms with van der Waals surface area (Å²) in [6, 6.07) is 9.29. The molecule has 0 amide bonds. The molecule has 1 heterocycles. The van der Waals surface area contributed by atoms with Crippen LogP contribution < -0.4 is 5.32 Å². The molecule has 0 unspecified atom stereocenters. The summed E-state index contributed by atoms with van der Waals surface area (Å²) >= 11 is 0. The number of imidazole rings is 1. The van der Waals surface area contributed by atoms with E-state index in [1.54, 1.807) is 0 Å². The molecule has 0 saturated heterocycles. The molecule has 2 aromatic rings. The predicted octanol–water partition coefficient (Wildman–Crippen LogP) is 3.46. The summed E-state index contributed by atoms with van der Waals surface area (Å²) in [6.45, 7) is 5.47. The summed E-state index contributed by atoms with van der Waals surface area (Å²) in [5.41, 5.74) is 2.98. The lowest BCUT2D eigenvalue weighted by Gasteiger charge is -2.36. The maximum absolute atomic E-state index is 4.31. The number of hydrogen-bond acceptors (Lipinski definition) is 2. The van der Waals surface area contributed by atoms with Crippen molar-refractivity contribution in [1.82, 2.24) is 15.3 Å². The van der Waals surface area contributed by atoms with Crippen molar-refractivity contribution in [2.75, 3.05) is 0 Å². The van der Waals surface area contributed by atoms with Gasteiger partial charge in [0, 0.05) is 18.4 Å². The Kier molecular flexibility index (Phi) is 3.88. The third-order valence-corrected chi connectivity index (χ3v) is 4.47. The Morgan fingerprint density at radius 1 is 1.35 bits per heavy atom. The Hall–Kier alpha value is -1.61. The average Bonchev–Trinajstić information content (AvgIpc) is 2.97. The molecule has 1 aliphatic carbocycles. The van der Waals surface area contributed by atoms with Gasteiger partial charge in [0.2, 0.25) is 0 Å². The Morgan fingerprint density at radius 2 is 2.20 bits per heavy atom. The van der Waals surface area contributed by atoms with Crippen LogP contribution in [-0.4, -0.2) is 9.97 Å². The maximum atomic E-state index is 4.31. The normalized spacial score (nSPS) is 21.9. The highest BCUT2D eigenvalue weighted by Crippen LogP contribution is 2.38. The van der Waals surface area contributed by atoms with Crippen LogP contribution in [0.25, 0.3) is 0 Å². The van der Waals surface area contributed by atoms with Crippen molar-refractivity contribution in [2.24, 2.45) is 11.8 Å². The molecule has 1 aromatic carbocycles. The number of nitrogens with one attached hydrogen (secondary N) is 2. The van der Waals surface area contributed by atoms with Crippen LogP contribution in [0.5, 0.6) is 0 Å². The molecule has 3 heteroatoms. The average molecular weight is 269 g/mol. The molecule has 0 fully saturated rings. The second-order valence-electron chi connectivity index (χ2n) is 6.04. The molecule has 3 nitrogen and oxygen atoms in total. The van der Waals surface area contributed by atoms with Crippen LogP contribution in [0.4, 0.5) is 0 Å². The summed E-state index contributed by atoms with van der Waals surface area (Å²) in [7, 11) is 0. The minimum Gasteiger partial charge on any atom is -0.348 e. The van der Waals surface area contributed by atoms with Gasteiger partial charge in [-0.1, -0.05) is 38.1 Å². The molecule has 3 rings (SSSR count). The lowest BCUT2D eigenvalue weighted by Crippen LogP contribution is -2.35. The van der Waals surface area contributed by atoms with Crippen molar-refractivity contribution >= 4 is 0 Å². The fraction of sp³-hybridized carbons (Fsp3) is 0.471. The maximum Gasteiger partial charge on any atom is 0.120 e. The van der Waals surface area contributed by atoms with Gasteiger partial charge in [-0.05, 0) is 35.8 Å². The zero-order valence-corrected chi connectivity index (χ0v) is 12.3. The van der Waals surface area contributed by atoms with E-state index in [0.717, 1.165) is 12.4 Å². The molecule has 0 saturated carbocycles. The van der Waals surface area contributed by atoms with Crippen molar-refractivity contribution < 1.29 is 0 Å². The molecular weight excluding hydrogens is 246 g/mol. The van der Waals surface area contributed by atoms with Gasteiger partial charge in [0.25, 0.3) is 0 Å². The number of benzene rings is 1. The summed E-state index contributed by atoms with van der Waals surface area (Å²) < 4.78 is 0. The van der Waals surface area contributed by atoms with Gasteiger partial charge < -0.3 is 10.3 Å². The molecule has 106 valence electrons. The van der Waals surface area contributed by atoms with Crippen molar-refractivity contribution in [1.29, 1.82) is 0 Å². The first-order valence-corrected chi connectivity index (χ1v) is 7.55. The summed E-state index contributed by atoms with van der Waals surface area (Å²) in [5.74, 6) is 2.40. The lowest BCUT2D eigenvalue weighted by atomic mass is 9.74. The minimum atomic E-state index is 0.435. The van der Waals surface area contributed by atoms with Gasteiger partial charge in [0.15, 0.2) is 0 Å². The SMILES string of the molecule is CC(C)[C@@H]1CCc2ccccc2[C@H]1NCc1ncc[nH]1. The van der Waals surface area contributed by atoms with Crippen LogP contribution in [0, 0.1) is 11.8 Å². The van der Waals surface area contributed by atoms with Crippen LogP contribution in [0.1, 0.15) is 43.3 Å². The van der Waals surface area contributed by atoms with Gasteiger partial charge in [0.1, 0.15) is 5.82 Å². The van der Waals surface area contributed by atoms with Crippen LogP contribution in [0.15, 0.2) is 36.7 Å². The first kappa shape index (κ1) is 13.4. The number of nitrogens with zero attached hydrogens (tertiary/aromatic N) is 1. The van der Waals surface area contributed by atoms with E-state index < -0.39 is 0 Å². The largest absolute Gasteiger partial charge is 0.348 e. The first-order chi connectivity index (χ1) is 9.75. The van der Waals surface area contributed by atoms with E-state index in [2.05, 4.69) is 53.4 Å². The number of hydrogen-bond donors (Lipinski definition) is 2. The molecule has 20 heavy (non-hydrogen) atoms. The highest BCUT2D eigenvalue weighted by Gasteiger charge is 2.30. The Labute approximate surface area is 120 Å². The number of rotatable bonds is 4. The Morgan fingerprint density at radius 3 is 2.95 bits per heavy atom.